The molecule has 6 heteroatoms. The molecule has 116 valence electrons. The Morgan fingerprint density at radius 1 is 1.25 bits per heavy atom. The van der Waals surface area contributed by atoms with Crippen molar-refractivity contribution < 1.29 is 24.2 Å². The number of aliphatic carboxylic acids is 1. The van der Waals surface area contributed by atoms with E-state index in [0.717, 1.165) is 0 Å². The highest BCUT2D eigenvalue weighted by Gasteiger charge is 2.42. The molecule has 0 spiro atoms. The zero-order valence-electron chi connectivity index (χ0n) is 12.9. The first-order chi connectivity index (χ1) is 9.26. The first kappa shape index (κ1) is 16.9. The fourth-order valence-electron chi connectivity index (χ4n) is 2.35. The summed E-state index contributed by atoms with van der Waals surface area (Å²) in [5, 5.41) is 9.37. The van der Waals surface area contributed by atoms with Crippen LogP contribution in [-0.4, -0.2) is 61.4 Å². The lowest BCUT2D eigenvalue weighted by atomic mass is 9.76. The summed E-state index contributed by atoms with van der Waals surface area (Å²) >= 11 is 0. The van der Waals surface area contributed by atoms with Crippen molar-refractivity contribution in [3.63, 3.8) is 0 Å². The van der Waals surface area contributed by atoms with Gasteiger partial charge in [0.25, 0.3) is 0 Å². The van der Waals surface area contributed by atoms with Crippen molar-refractivity contribution in [3.05, 3.63) is 0 Å². The minimum atomic E-state index is -1.05. The van der Waals surface area contributed by atoms with Gasteiger partial charge >= 0.3 is 5.97 Å². The number of amides is 1. The van der Waals surface area contributed by atoms with Crippen molar-refractivity contribution in [2.24, 2.45) is 11.3 Å². The number of likely N-dealkylation sites (tertiary alicyclic amines) is 1. The molecule has 0 aliphatic carbocycles. The molecule has 0 radical (unpaired) electrons. The maximum atomic E-state index is 12.3. The molecule has 20 heavy (non-hydrogen) atoms. The number of methoxy groups -OCH3 is 2. The normalized spacial score (nSPS) is 25.8. The van der Waals surface area contributed by atoms with Gasteiger partial charge in [0.15, 0.2) is 0 Å². The lowest BCUT2D eigenvalue weighted by molar-refractivity contribution is -0.155. The Morgan fingerprint density at radius 2 is 1.70 bits per heavy atom. The highest BCUT2D eigenvalue weighted by atomic mass is 16.5. The molecule has 0 aromatic carbocycles. The monoisotopic (exact) mass is 287 g/mol. The van der Waals surface area contributed by atoms with Crippen LogP contribution in [0.4, 0.5) is 0 Å². The lowest BCUT2D eigenvalue weighted by Gasteiger charge is -2.30. The third kappa shape index (κ3) is 3.30. The van der Waals surface area contributed by atoms with Gasteiger partial charge in [-0.2, -0.15) is 0 Å². The SMILES string of the molecule is COC1CN(C(=O)CC(C)(C(=O)O)C(C)C)CC1OC. The van der Waals surface area contributed by atoms with Crippen molar-refractivity contribution in [2.75, 3.05) is 27.3 Å². The van der Waals surface area contributed by atoms with Crippen LogP contribution >= 0.6 is 0 Å². The Kier molecular flexibility index (Phi) is 5.53. The summed E-state index contributed by atoms with van der Waals surface area (Å²) in [5.74, 6) is -1.22. The molecule has 3 atom stereocenters. The zero-order valence-corrected chi connectivity index (χ0v) is 12.9. The molecule has 1 aliphatic heterocycles. The molecule has 0 aromatic heterocycles. The molecule has 1 heterocycles. The molecular formula is C14H25NO5. The number of carboxylic acids is 1. The predicted octanol–water partition coefficient (Wildman–Crippen LogP) is 0.996. The number of hydrogen-bond donors (Lipinski definition) is 1. The maximum Gasteiger partial charge on any atom is 0.310 e. The zero-order chi connectivity index (χ0) is 15.5. The van der Waals surface area contributed by atoms with E-state index < -0.39 is 11.4 Å². The van der Waals surface area contributed by atoms with Gasteiger partial charge in [0, 0.05) is 33.7 Å². The second kappa shape index (κ2) is 6.54. The van der Waals surface area contributed by atoms with Gasteiger partial charge in [-0.1, -0.05) is 13.8 Å². The molecule has 0 aromatic rings. The molecule has 1 N–H and O–H groups in total. The van der Waals surface area contributed by atoms with E-state index in [1.165, 1.54) is 0 Å². The molecule has 0 saturated carbocycles. The van der Waals surface area contributed by atoms with E-state index in [9.17, 15) is 14.7 Å². The van der Waals surface area contributed by atoms with Crippen LogP contribution in [-0.2, 0) is 19.1 Å². The summed E-state index contributed by atoms with van der Waals surface area (Å²) in [6.45, 7) is 6.15. The van der Waals surface area contributed by atoms with Crippen LogP contribution in [0.3, 0.4) is 0 Å². The van der Waals surface area contributed by atoms with Crippen LogP contribution in [0.2, 0.25) is 0 Å². The van der Waals surface area contributed by atoms with E-state index in [2.05, 4.69) is 0 Å². The average molecular weight is 287 g/mol. The van der Waals surface area contributed by atoms with Crippen LogP contribution in [0.25, 0.3) is 0 Å². The molecule has 1 rings (SSSR count). The molecule has 0 bridgehead atoms. The van der Waals surface area contributed by atoms with Gasteiger partial charge in [0.05, 0.1) is 5.41 Å². The fraction of sp³-hybridized carbons (Fsp3) is 0.857. The Bertz CT molecular complexity index is 359. The smallest absolute Gasteiger partial charge is 0.310 e. The number of carbonyl (C=O) groups is 2. The van der Waals surface area contributed by atoms with E-state index in [1.807, 2.05) is 13.8 Å². The van der Waals surface area contributed by atoms with E-state index in [-0.39, 0.29) is 30.5 Å². The number of hydrogen-bond acceptors (Lipinski definition) is 4. The molecular weight excluding hydrogens is 262 g/mol. The first-order valence-corrected chi connectivity index (χ1v) is 6.83. The van der Waals surface area contributed by atoms with E-state index >= 15 is 0 Å². The number of carboxylic acid groups (broad SMARTS) is 1. The van der Waals surface area contributed by atoms with Gasteiger partial charge in [0.1, 0.15) is 12.2 Å². The molecule has 1 aliphatic rings. The second-order valence-corrected chi connectivity index (χ2v) is 5.90. The Hall–Kier alpha value is -1.14. The number of nitrogens with zero attached hydrogens (tertiary/aromatic N) is 1. The highest BCUT2D eigenvalue weighted by molar-refractivity contribution is 5.85. The van der Waals surface area contributed by atoms with Gasteiger partial charge in [-0.25, -0.2) is 0 Å². The molecule has 3 unspecified atom stereocenters. The summed E-state index contributed by atoms with van der Waals surface area (Å²) in [5.41, 5.74) is -1.05. The van der Waals surface area contributed by atoms with Gasteiger partial charge in [-0.3, -0.25) is 9.59 Å². The van der Waals surface area contributed by atoms with Crippen molar-refractivity contribution >= 4 is 11.9 Å². The fourth-order valence-corrected chi connectivity index (χ4v) is 2.35. The van der Waals surface area contributed by atoms with Crippen LogP contribution in [0.5, 0.6) is 0 Å². The molecule has 1 amide bonds. The van der Waals surface area contributed by atoms with Gasteiger partial charge in [-0.15, -0.1) is 0 Å². The van der Waals surface area contributed by atoms with E-state index in [1.54, 1.807) is 26.0 Å². The van der Waals surface area contributed by atoms with E-state index in [4.69, 9.17) is 9.47 Å². The molecule has 1 fully saturated rings. The Morgan fingerprint density at radius 3 is 2.00 bits per heavy atom. The third-order valence-corrected chi connectivity index (χ3v) is 4.45. The first-order valence-electron chi connectivity index (χ1n) is 6.83. The highest BCUT2D eigenvalue weighted by Crippen LogP contribution is 2.32. The van der Waals surface area contributed by atoms with Crippen LogP contribution in [0.1, 0.15) is 27.2 Å². The number of rotatable bonds is 6. The summed E-state index contributed by atoms with van der Waals surface area (Å²) in [7, 11) is 3.17. The molecule has 1 saturated heterocycles. The maximum absolute atomic E-state index is 12.3. The topological polar surface area (TPSA) is 76.1 Å². The van der Waals surface area contributed by atoms with Crippen molar-refractivity contribution in [2.45, 2.75) is 39.4 Å². The number of carbonyl (C=O) groups excluding carboxylic acids is 1. The average Bonchev–Trinajstić information content (AvgIpc) is 2.81. The van der Waals surface area contributed by atoms with Crippen molar-refractivity contribution in [3.8, 4) is 0 Å². The lowest BCUT2D eigenvalue weighted by Crippen LogP contribution is -2.40. The third-order valence-electron chi connectivity index (χ3n) is 4.45. The van der Waals surface area contributed by atoms with Crippen LogP contribution < -0.4 is 0 Å². The summed E-state index contributed by atoms with van der Waals surface area (Å²) in [6.07, 6.45) is -0.314. The summed E-state index contributed by atoms with van der Waals surface area (Å²) in [4.78, 5) is 25.4. The van der Waals surface area contributed by atoms with Gasteiger partial charge < -0.3 is 19.5 Å². The minimum Gasteiger partial charge on any atom is -0.481 e. The largest absolute Gasteiger partial charge is 0.481 e. The summed E-state index contributed by atoms with van der Waals surface area (Å²) < 4.78 is 10.6. The standard InChI is InChI=1S/C14H25NO5/c1-9(2)14(3,13(17)18)6-12(16)15-7-10(19-4)11(8-15)20-5/h9-11H,6-8H2,1-5H3,(H,17,18). The van der Waals surface area contributed by atoms with Gasteiger partial charge in [0.2, 0.25) is 5.91 Å². The Balaban J connectivity index is 2.74. The van der Waals surface area contributed by atoms with Crippen molar-refractivity contribution in [1.82, 2.24) is 4.90 Å². The van der Waals surface area contributed by atoms with Crippen LogP contribution in [0, 0.1) is 11.3 Å². The minimum absolute atomic E-state index is 0.00707. The molecule has 6 nitrogen and oxygen atoms in total. The Labute approximate surface area is 120 Å². The van der Waals surface area contributed by atoms with E-state index in [0.29, 0.717) is 13.1 Å². The summed E-state index contributed by atoms with van der Waals surface area (Å²) in [6, 6.07) is 0. The number of ether oxygens (including phenoxy) is 2. The van der Waals surface area contributed by atoms with Crippen LogP contribution in [0.15, 0.2) is 0 Å². The predicted molar refractivity (Wildman–Crippen MR) is 73.4 cm³/mol. The quantitative estimate of drug-likeness (QED) is 0.788. The second-order valence-electron chi connectivity index (χ2n) is 5.90. The van der Waals surface area contributed by atoms with Crippen molar-refractivity contribution in [1.29, 1.82) is 0 Å². The van der Waals surface area contributed by atoms with Gasteiger partial charge in [-0.05, 0) is 12.8 Å².